The van der Waals surface area contributed by atoms with Crippen LogP contribution in [-0.4, -0.2) is 26.5 Å². The van der Waals surface area contributed by atoms with Crippen molar-refractivity contribution in [3.63, 3.8) is 0 Å². The molecule has 0 radical (unpaired) electrons. The number of nitrogens with zero attached hydrogens (tertiary/aromatic N) is 3. The normalized spacial score (nSPS) is 12.7. The van der Waals surface area contributed by atoms with Gasteiger partial charge in [0.05, 0.1) is 0 Å². The highest BCUT2D eigenvalue weighted by atomic mass is 19.3. The molecule has 1 heterocycles. The van der Waals surface area contributed by atoms with Gasteiger partial charge in [0.25, 0.3) is 0 Å². The highest BCUT2D eigenvalue weighted by molar-refractivity contribution is 5.37. The lowest BCUT2D eigenvalue weighted by Gasteiger charge is -2.14. The van der Waals surface area contributed by atoms with E-state index in [4.69, 9.17) is 0 Å². The summed E-state index contributed by atoms with van der Waals surface area (Å²) in [6, 6.07) is 6.02. The smallest absolute Gasteiger partial charge is 0.387 e. The number of aromatic nitrogens is 3. The van der Waals surface area contributed by atoms with Crippen LogP contribution < -0.4 is 4.74 Å². The molecule has 0 amide bonds. The summed E-state index contributed by atoms with van der Waals surface area (Å²) in [4.78, 5) is 3.87. The summed E-state index contributed by atoms with van der Waals surface area (Å²) in [7, 11) is 1.60. The van der Waals surface area contributed by atoms with Gasteiger partial charge in [0.2, 0.25) is 0 Å². The molecule has 18 heavy (non-hydrogen) atoms. The largest absolute Gasteiger partial charge is 0.434 e. The van der Waals surface area contributed by atoms with Gasteiger partial charge in [-0.05, 0) is 6.07 Å². The van der Waals surface area contributed by atoms with Crippen LogP contribution in [-0.2, 0) is 7.05 Å². The van der Waals surface area contributed by atoms with E-state index in [1.165, 1.54) is 23.1 Å². The molecule has 1 atom stereocenters. The second-order valence-electron chi connectivity index (χ2n) is 3.56. The number of aliphatic hydroxyl groups is 1. The van der Waals surface area contributed by atoms with Crippen LogP contribution in [0.4, 0.5) is 8.78 Å². The summed E-state index contributed by atoms with van der Waals surface area (Å²) in [6.45, 7) is -2.95. The summed E-state index contributed by atoms with van der Waals surface area (Å²) < 4.78 is 30.2. The Bertz CT molecular complexity index is 531. The highest BCUT2D eigenvalue weighted by Gasteiger charge is 2.20. The van der Waals surface area contributed by atoms with Gasteiger partial charge >= 0.3 is 6.61 Å². The summed E-state index contributed by atoms with van der Waals surface area (Å²) in [5.41, 5.74) is 0.217. The van der Waals surface area contributed by atoms with Gasteiger partial charge in [-0.15, -0.1) is 0 Å². The van der Waals surface area contributed by atoms with E-state index in [0.29, 0.717) is 0 Å². The molecule has 5 nitrogen and oxygen atoms in total. The SMILES string of the molecule is Cn1ncnc1C(O)c1ccccc1OC(F)F. The average Bonchev–Trinajstić information content (AvgIpc) is 2.74. The van der Waals surface area contributed by atoms with E-state index in [9.17, 15) is 13.9 Å². The molecular formula is C11H11F2N3O2. The lowest BCUT2D eigenvalue weighted by atomic mass is 10.1. The Labute approximate surface area is 102 Å². The molecule has 1 aromatic carbocycles. The molecule has 96 valence electrons. The number of aliphatic hydroxyl groups excluding tert-OH is 1. The Morgan fingerprint density at radius 1 is 1.33 bits per heavy atom. The minimum Gasteiger partial charge on any atom is -0.434 e. The third-order valence-corrected chi connectivity index (χ3v) is 2.42. The van der Waals surface area contributed by atoms with E-state index in [2.05, 4.69) is 14.8 Å². The predicted octanol–water partition coefficient (Wildman–Crippen LogP) is 1.50. The van der Waals surface area contributed by atoms with Crippen LogP contribution in [0.1, 0.15) is 17.5 Å². The molecule has 0 fully saturated rings. The first-order valence-corrected chi connectivity index (χ1v) is 5.15. The molecular weight excluding hydrogens is 244 g/mol. The second-order valence-corrected chi connectivity index (χ2v) is 3.56. The number of ether oxygens (including phenoxy) is 1. The minimum atomic E-state index is -2.95. The molecule has 0 aliphatic rings. The number of alkyl halides is 2. The van der Waals surface area contributed by atoms with Gasteiger partial charge in [-0.25, -0.2) is 4.98 Å². The Morgan fingerprint density at radius 3 is 2.67 bits per heavy atom. The van der Waals surface area contributed by atoms with Crippen molar-refractivity contribution in [1.82, 2.24) is 14.8 Å². The second kappa shape index (κ2) is 5.09. The summed E-state index contributed by atoms with van der Waals surface area (Å²) in [5, 5.41) is 13.9. The average molecular weight is 255 g/mol. The summed E-state index contributed by atoms with van der Waals surface area (Å²) in [5.74, 6) is 0.170. The van der Waals surface area contributed by atoms with E-state index in [1.54, 1.807) is 19.2 Å². The third kappa shape index (κ3) is 2.45. The van der Waals surface area contributed by atoms with E-state index < -0.39 is 12.7 Å². The van der Waals surface area contributed by atoms with Crippen LogP contribution in [0.2, 0.25) is 0 Å². The first-order valence-electron chi connectivity index (χ1n) is 5.15. The monoisotopic (exact) mass is 255 g/mol. The molecule has 7 heteroatoms. The Balaban J connectivity index is 2.36. The van der Waals surface area contributed by atoms with E-state index >= 15 is 0 Å². The fraction of sp³-hybridized carbons (Fsp3) is 0.273. The minimum absolute atomic E-state index is 0.0806. The highest BCUT2D eigenvalue weighted by Crippen LogP contribution is 2.29. The third-order valence-electron chi connectivity index (χ3n) is 2.42. The van der Waals surface area contributed by atoms with Crippen molar-refractivity contribution in [3.05, 3.63) is 42.0 Å². The van der Waals surface area contributed by atoms with Crippen LogP contribution in [0.25, 0.3) is 0 Å². The zero-order chi connectivity index (χ0) is 13.1. The molecule has 0 aliphatic carbocycles. The standard InChI is InChI=1S/C11H11F2N3O2/c1-16-10(14-6-15-16)9(17)7-4-2-3-5-8(7)18-11(12)13/h2-6,9,11,17H,1H3. The molecule has 0 saturated heterocycles. The fourth-order valence-corrected chi connectivity index (χ4v) is 1.60. The van der Waals surface area contributed by atoms with Gasteiger partial charge in [-0.1, -0.05) is 18.2 Å². The van der Waals surface area contributed by atoms with Crippen LogP contribution in [0.15, 0.2) is 30.6 Å². The summed E-state index contributed by atoms with van der Waals surface area (Å²) in [6.07, 6.45) is 0.0993. The predicted molar refractivity (Wildman–Crippen MR) is 58.1 cm³/mol. The number of rotatable bonds is 4. The Hall–Kier alpha value is -2.02. The van der Waals surface area contributed by atoms with Crippen molar-refractivity contribution in [2.45, 2.75) is 12.7 Å². The van der Waals surface area contributed by atoms with Gasteiger partial charge in [-0.2, -0.15) is 13.9 Å². The van der Waals surface area contributed by atoms with Gasteiger partial charge in [0, 0.05) is 12.6 Å². The molecule has 2 aromatic rings. The Morgan fingerprint density at radius 2 is 2.06 bits per heavy atom. The molecule has 0 spiro atoms. The van der Waals surface area contributed by atoms with Crippen molar-refractivity contribution in [2.24, 2.45) is 7.05 Å². The maximum Gasteiger partial charge on any atom is 0.387 e. The topological polar surface area (TPSA) is 60.2 Å². The molecule has 1 N–H and O–H groups in total. The maximum atomic E-state index is 12.2. The first-order chi connectivity index (χ1) is 8.59. The molecule has 0 aliphatic heterocycles. The molecule has 1 unspecified atom stereocenters. The molecule has 2 rings (SSSR count). The van der Waals surface area contributed by atoms with Crippen molar-refractivity contribution in [1.29, 1.82) is 0 Å². The van der Waals surface area contributed by atoms with Crippen molar-refractivity contribution in [2.75, 3.05) is 0 Å². The maximum absolute atomic E-state index is 12.2. The Kier molecular flexibility index (Phi) is 3.52. The molecule has 0 saturated carbocycles. The lowest BCUT2D eigenvalue weighted by molar-refractivity contribution is -0.0513. The van der Waals surface area contributed by atoms with Gasteiger partial charge in [0.15, 0.2) is 5.82 Å². The number of hydrogen-bond donors (Lipinski definition) is 1. The van der Waals surface area contributed by atoms with Crippen LogP contribution in [0.5, 0.6) is 5.75 Å². The lowest BCUT2D eigenvalue weighted by Crippen LogP contribution is -2.11. The van der Waals surface area contributed by atoms with Crippen LogP contribution >= 0.6 is 0 Å². The quantitative estimate of drug-likeness (QED) is 0.899. The van der Waals surface area contributed by atoms with Gasteiger partial charge in [-0.3, -0.25) is 4.68 Å². The van der Waals surface area contributed by atoms with Crippen molar-refractivity contribution < 1.29 is 18.6 Å². The number of benzene rings is 1. The summed E-state index contributed by atoms with van der Waals surface area (Å²) >= 11 is 0. The zero-order valence-electron chi connectivity index (χ0n) is 9.49. The van der Waals surface area contributed by atoms with Crippen LogP contribution in [0.3, 0.4) is 0 Å². The fourth-order valence-electron chi connectivity index (χ4n) is 1.60. The van der Waals surface area contributed by atoms with Crippen molar-refractivity contribution >= 4 is 0 Å². The van der Waals surface area contributed by atoms with E-state index in [0.717, 1.165) is 0 Å². The number of aryl methyl sites for hydroxylation is 1. The van der Waals surface area contributed by atoms with E-state index in [1.807, 2.05) is 0 Å². The number of para-hydroxylation sites is 1. The zero-order valence-corrected chi connectivity index (χ0v) is 9.49. The van der Waals surface area contributed by atoms with E-state index in [-0.39, 0.29) is 17.1 Å². The van der Waals surface area contributed by atoms with Gasteiger partial charge in [0.1, 0.15) is 18.2 Å². The van der Waals surface area contributed by atoms with Gasteiger partial charge < -0.3 is 9.84 Å². The number of hydrogen-bond acceptors (Lipinski definition) is 4. The van der Waals surface area contributed by atoms with Crippen LogP contribution in [0, 0.1) is 0 Å². The first kappa shape index (κ1) is 12.4. The number of halogens is 2. The van der Waals surface area contributed by atoms with Crippen molar-refractivity contribution in [3.8, 4) is 5.75 Å². The molecule has 1 aromatic heterocycles. The molecule has 0 bridgehead atoms.